The lowest BCUT2D eigenvalue weighted by Crippen LogP contribution is -2.31. The van der Waals surface area contributed by atoms with Gasteiger partial charge in [-0.3, -0.25) is 0 Å². The van der Waals surface area contributed by atoms with E-state index in [1.54, 1.807) is 7.05 Å². The highest BCUT2D eigenvalue weighted by atomic mass is 35.5. The van der Waals surface area contributed by atoms with E-state index in [1.807, 2.05) is 13.8 Å². The fourth-order valence-electron chi connectivity index (χ4n) is 0.221. The molecule has 0 spiro atoms. The zero-order valence-electron chi connectivity index (χ0n) is 5.79. The van der Waals surface area contributed by atoms with Crippen LogP contribution in [0.15, 0.2) is 0 Å². The Morgan fingerprint density at radius 2 is 1.89 bits per heavy atom. The monoisotopic (exact) mass is 153 g/mol. The Morgan fingerprint density at radius 1 is 1.56 bits per heavy atom. The first kappa shape index (κ1) is 11.4. The zero-order chi connectivity index (χ0) is 6.73. The molecule has 56 valence electrons. The SMILES string of the molecule is CC(C)N(C)C(=O)O.Cl. The molecule has 0 atom stereocenters. The van der Waals surface area contributed by atoms with Crippen LogP contribution in [0.1, 0.15) is 13.8 Å². The first-order valence-corrected chi connectivity index (χ1v) is 2.51. The van der Waals surface area contributed by atoms with Gasteiger partial charge in [0.2, 0.25) is 0 Å². The van der Waals surface area contributed by atoms with Crippen LogP contribution in [-0.4, -0.2) is 29.2 Å². The highest BCUT2D eigenvalue weighted by Crippen LogP contribution is 1.91. The Labute approximate surface area is 61.1 Å². The molecule has 0 aromatic carbocycles. The predicted molar refractivity (Wildman–Crippen MR) is 38.2 cm³/mol. The predicted octanol–water partition coefficient (Wildman–Crippen LogP) is 1.43. The summed E-state index contributed by atoms with van der Waals surface area (Å²) in [5, 5.41) is 8.28. The van der Waals surface area contributed by atoms with Crippen molar-refractivity contribution in [1.82, 2.24) is 4.90 Å². The number of hydrogen-bond donors (Lipinski definition) is 1. The molecule has 1 amide bonds. The largest absolute Gasteiger partial charge is 0.465 e. The molecule has 0 rings (SSSR count). The normalized spacial score (nSPS) is 8.44. The number of halogens is 1. The molecule has 0 aliphatic heterocycles. The van der Waals surface area contributed by atoms with Gasteiger partial charge in [0.05, 0.1) is 0 Å². The molecule has 1 N–H and O–H groups in total. The van der Waals surface area contributed by atoms with Crippen molar-refractivity contribution in [3.05, 3.63) is 0 Å². The maximum Gasteiger partial charge on any atom is 0.407 e. The van der Waals surface area contributed by atoms with Gasteiger partial charge < -0.3 is 10.0 Å². The summed E-state index contributed by atoms with van der Waals surface area (Å²) in [6, 6.07) is 0.0764. The van der Waals surface area contributed by atoms with Gasteiger partial charge in [0.15, 0.2) is 0 Å². The van der Waals surface area contributed by atoms with E-state index in [2.05, 4.69) is 0 Å². The molecule has 4 heteroatoms. The van der Waals surface area contributed by atoms with Crippen LogP contribution in [0.3, 0.4) is 0 Å². The van der Waals surface area contributed by atoms with E-state index < -0.39 is 6.09 Å². The van der Waals surface area contributed by atoms with E-state index in [4.69, 9.17) is 5.11 Å². The van der Waals surface area contributed by atoms with Gasteiger partial charge in [-0.25, -0.2) is 4.79 Å². The third-order valence-electron chi connectivity index (χ3n) is 1.08. The Morgan fingerprint density at radius 3 is 1.89 bits per heavy atom. The summed E-state index contributed by atoms with van der Waals surface area (Å²) >= 11 is 0. The quantitative estimate of drug-likeness (QED) is 0.619. The van der Waals surface area contributed by atoms with Crippen molar-refractivity contribution >= 4 is 18.5 Å². The lowest BCUT2D eigenvalue weighted by molar-refractivity contribution is 0.145. The maximum atomic E-state index is 10.1. The highest BCUT2D eigenvalue weighted by molar-refractivity contribution is 5.85. The first-order valence-electron chi connectivity index (χ1n) is 2.51. The van der Waals surface area contributed by atoms with Crippen LogP contribution in [0.4, 0.5) is 4.79 Å². The molecular weight excluding hydrogens is 142 g/mol. The fraction of sp³-hybridized carbons (Fsp3) is 0.800. The fourth-order valence-corrected chi connectivity index (χ4v) is 0.221. The zero-order valence-corrected chi connectivity index (χ0v) is 6.60. The Kier molecular flexibility index (Phi) is 5.61. The van der Waals surface area contributed by atoms with Gasteiger partial charge in [-0.05, 0) is 13.8 Å². The number of nitrogens with zero attached hydrogens (tertiary/aromatic N) is 1. The van der Waals surface area contributed by atoms with Gasteiger partial charge in [0, 0.05) is 13.1 Å². The van der Waals surface area contributed by atoms with Crippen LogP contribution in [0, 0.1) is 0 Å². The number of rotatable bonds is 1. The molecule has 0 aromatic rings. The van der Waals surface area contributed by atoms with Gasteiger partial charge in [-0.1, -0.05) is 0 Å². The first-order chi connectivity index (χ1) is 3.55. The smallest absolute Gasteiger partial charge is 0.407 e. The van der Waals surface area contributed by atoms with Crippen molar-refractivity contribution in [3.8, 4) is 0 Å². The number of amides is 1. The molecule has 3 nitrogen and oxygen atoms in total. The molecule has 0 fully saturated rings. The highest BCUT2D eigenvalue weighted by Gasteiger charge is 2.07. The Bertz CT molecular complexity index is 95.0. The minimum absolute atomic E-state index is 0. The molecule has 0 radical (unpaired) electrons. The lowest BCUT2D eigenvalue weighted by Gasteiger charge is -2.16. The third-order valence-corrected chi connectivity index (χ3v) is 1.08. The summed E-state index contributed by atoms with van der Waals surface area (Å²) in [4.78, 5) is 11.3. The molecule has 0 bridgehead atoms. The van der Waals surface area contributed by atoms with Crippen LogP contribution in [-0.2, 0) is 0 Å². The molecule has 0 unspecified atom stereocenters. The second kappa shape index (κ2) is 4.44. The molecular formula is C5H12ClNO2. The summed E-state index contributed by atoms with van der Waals surface area (Å²) in [7, 11) is 1.55. The van der Waals surface area contributed by atoms with Gasteiger partial charge in [-0.15, -0.1) is 12.4 Å². The van der Waals surface area contributed by atoms with Gasteiger partial charge in [0.25, 0.3) is 0 Å². The van der Waals surface area contributed by atoms with Gasteiger partial charge in [-0.2, -0.15) is 0 Å². The second-order valence-corrected chi connectivity index (χ2v) is 1.99. The van der Waals surface area contributed by atoms with E-state index >= 15 is 0 Å². The van der Waals surface area contributed by atoms with E-state index in [9.17, 15) is 4.79 Å². The number of hydrogen-bond acceptors (Lipinski definition) is 1. The van der Waals surface area contributed by atoms with Crippen LogP contribution < -0.4 is 0 Å². The molecule has 0 aromatic heterocycles. The average molecular weight is 154 g/mol. The molecule has 0 saturated carbocycles. The minimum Gasteiger partial charge on any atom is -0.465 e. The van der Waals surface area contributed by atoms with Crippen molar-refractivity contribution in [2.75, 3.05) is 7.05 Å². The van der Waals surface area contributed by atoms with Crippen LogP contribution in [0.2, 0.25) is 0 Å². The molecule has 0 aliphatic rings. The summed E-state index contributed by atoms with van der Waals surface area (Å²) in [6.07, 6.45) is -0.875. The van der Waals surface area contributed by atoms with Crippen LogP contribution in [0.5, 0.6) is 0 Å². The van der Waals surface area contributed by atoms with Crippen LogP contribution >= 0.6 is 12.4 Å². The molecule has 0 saturated heterocycles. The topological polar surface area (TPSA) is 40.5 Å². The van der Waals surface area contributed by atoms with Crippen molar-refractivity contribution < 1.29 is 9.90 Å². The maximum absolute atomic E-state index is 10.1. The lowest BCUT2D eigenvalue weighted by atomic mass is 10.4. The third kappa shape index (κ3) is 4.09. The summed E-state index contributed by atoms with van der Waals surface area (Å²) in [5.41, 5.74) is 0. The summed E-state index contributed by atoms with van der Waals surface area (Å²) < 4.78 is 0. The summed E-state index contributed by atoms with van der Waals surface area (Å²) in [5.74, 6) is 0. The number of carboxylic acid groups (broad SMARTS) is 1. The van der Waals surface area contributed by atoms with Crippen LogP contribution in [0.25, 0.3) is 0 Å². The van der Waals surface area contributed by atoms with Crippen molar-refractivity contribution in [2.24, 2.45) is 0 Å². The molecule has 9 heavy (non-hydrogen) atoms. The number of carbonyl (C=O) groups is 1. The van der Waals surface area contributed by atoms with E-state index in [0.717, 1.165) is 0 Å². The minimum atomic E-state index is -0.875. The molecule has 0 heterocycles. The average Bonchev–Trinajstić information content (AvgIpc) is 1.64. The summed E-state index contributed by atoms with van der Waals surface area (Å²) in [6.45, 7) is 3.66. The van der Waals surface area contributed by atoms with Crippen molar-refractivity contribution in [2.45, 2.75) is 19.9 Å². The van der Waals surface area contributed by atoms with Gasteiger partial charge >= 0.3 is 6.09 Å². The van der Waals surface area contributed by atoms with Crippen molar-refractivity contribution in [3.63, 3.8) is 0 Å². The van der Waals surface area contributed by atoms with E-state index in [-0.39, 0.29) is 18.4 Å². The van der Waals surface area contributed by atoms with E-state index in [1.165, 1.54) is 4.90 Å². The molecule has 0 aliphatic carbocycles. The second-order valence-electron chi connectivity index (χ2n) is 1.99. The Hall–Kier alpha value is -0.440. The van der Waals surface area contributed by atoms with Gasteiger partial charge in [0.1, 0.15) is 0 Å². The van der Waals surface area contributed by atoms with E-state index in [0.29, 0.717) is 0 Å². The Balaban J connectivity index is 0. The van der Waals surface area contributed by atoms with Crippen molar-refractivity contribution in [1.29, 1.82) is 0 Å². The standard InChI is InChI=1S/C5H11NO2.ClH/c1-4(2)6(3)5(7)8;/h4H,1-3H3,(H,7,8);1H.